The topological polar surface area (TPSA) is 15.3 Å². The highest BCUT2D eigenvalue weighted by molar-refractivity contribution is 5.47. The molecule has 1 aromatic rings. The van der Waals surface area contributed by atoms with Crippen LogP contribution in [0.5, 0.6) is 0 Å². The van der Waals surface area contributed by atoms with Crippen LogP contribution in [0.2, 0.25) is 0 Å². The molecule has 0 aliphatic carbocycles. The second-order valence-electron chi connectivity index (χ2n) is 4.98. The molecule has 5 heteroatoms. The van der Waals surface area contributed by atoms with Crippen LogP contribution in [0.4, 0.5) is 18.9 Å². The Morgan fingerprint density at radius 1 is 1.30 bits per heavy atom. The first-order valence-electron chi connectivity index (χ1n) is 6.58. The Labute approximate surface area is 117 Å². The number of anilines is 1. The standard InChI is InChI=1S/C15H17F3N2/c1-2-8-20-9-6-13(7-10-20)19-14-5-3-4-12(11-14)15(16,17)18/h1,3-5,11,13,19H,6-10H2. The number of benzene rings is 1. The third-order valence-electron chi connectivity index (χ3n) is 3.46. The van der Waals surface area contributed by atoms with Crippen LogP contribution in [0.25, 0.3) is 0 Å². The fraction of sp³-hybridized carbons (Fsp3) is 0.467. The van der Waals surface area contributed by atoms with Crippen molar-refractivity contribution in [2.45, 2.75) is 25.1 Å². The first-order valence-corrected chi connectivity index (χ1v) is 6.58. The van der Waals surface area contributed by atoms with E-state index in [9.17, 15) is 13.2 Å². The van der Waals surface area contributed by atoms with Crippen molar-refractivity contribution in [2.75, 3.05) is 25.0 Å². The molecule has 1 aliphatic heterocycles. The maximum atomic E-state index is 12.6. The average Bonchev–Trinajstić information content (AvgIpc) is 2.41. The number of nitrogens with zero attached hydrogens (tertiary/aromatic N) is 1. The average molecular weight is 282 g/mol. The zero-order valence-corrected chi connectivity index (χ0v) is 11.1. The molecular weight excluding hydrogens is 265 g/mol. The molecule has 0 radical (unpaired) electrons. The van der Waals surface area contributed by atoms with Gasteiger partial charge in [-0.2, -0.15) is 13.2 Å². The molecule has 108 valence electrons. The number of halogens is 3. The maximum absolute atomic E-state index is 12.6. The van der Waals surface area contributed by atoms with Gasteiger partial charge in [-0.3, -0.25) is 4.90 Å². The minimum atomic E-state index is -4.30. The van der Waals surface area contributed by atoms with E-state index < -0.39 is 11.7 Å². The number of alkyl halides is 3. The Morgan fingerprint density at radius 3 is 2.60 bits per heavy atom. The van der Waals surface area contributed by atoms with Gasteiger partial charge in [-0.05, 0) is 31.0 Å². The van der Waals surface area contributed by atoms with Gasteiger partial charge in [0.15, 0.2) is 0 Å². The number of likely N-dealkylation sites (tertiary alicyclic amines) is 1. The van der Waals surface area contributed by atoms with Crippen LogP contribution in [0.3, 0.4) is 0 Å². The first kappa shape index (κ1) is 14.7. The van der Waals surface area contributed by atoms with Crippen LogP contribution in [0.1, 0.15) is 18.4 Å². The Morgan fingerprint density at radius 2 is 2.00 bits per heavy atom. The fourth-order valence-electron chi connectivity index (χ4n) is 2.39. The highest BCUT2D eigenvalue weighted by Crippen LogP contribution is 2.31. The molecule has 0 bridgehead atoms. The maximum Gasteiger partial charge on any atom is 0.416 e. The molecule has 1 aliphatic rings. The third kappa shape index (κ3) is 3.91. The zero-order valence-electron chi connectivity index (χ0n) is 11.1. The van der Waals surface area contributed by atoms with Crippen molar-refractivity contribution in [3.8, 4) is 12.3 Å². The van der Waals surface area contributed by atoms with Gasteiger partial charge in [0.2, 0.25) is 0 Å². The lowest BCUT2D eigenvalue weighted by molar-refractivity contribution is -0.137. The number of nitrogens with one attached hydrogen (secondary N) is 1. The zero-order chi connectivity index (χ0) is 14.6. The lowest BCUT2D eigenvalue weighted by atomic mass is 10.0. The predicted molar refractivity (Wildman–Crippen MR) is 73.4 cm³/mol. The number of hydrogen-bond donors (Lipinski definition) is 1. The van der Waals surface area contributed by atoms with Crippen molar-refractivity contribution in [1.82, 2.24) is 4.90 Å². The Bertz CT molecular complexity index is 483. The van der Waals surface area contributed by atoms with Gasteiger partial charge < -0.3 is 5.32 Å². The molecule has 1 N–H and O–H groups in total. The molecule has 1 saturated heterocycles. The van der Waals surface area contributed by atoms with Crippen molar-refractivity contribution >= 4 is 5.69 Å². The van der Waals surface area contributed by atoms with E-state index in [2.05, 4.69) is 16.1 Å². The van der Waals surface area contributed by atoms with E-state index in [0.717, 1.165) is 38.1 Å². The van der Waals surface area contributed by atoms with Gasteiger partial charge in [0.25, 0.3) is 0 Å². The molecule has 20 heavy (non-hydrogen) atoms. The monoisotopic (exact) mass is 282 g/mol. The summed E-state index contributed by atoms with van der Waals surface area (Å²) in [4.78, 5) is 2.17. The SMILES string of the molecule is C#CCN1CCC(Nc2cccc(C(F)(F)F)c2)CC1. The fourth-order valence-corrected chi connectivity index (χ4v) is 2.39. The molecule has 0 unspecified atom stereocenters. The molecule has 0 saturated carbocycles. The Hall–Kier alpha value is -1.67. The van der Waals surface area contributed by atoms with Crippen molar-refractivity contribution < 1.29 is 13.2 Å². The molecule has 2 nitrogen and oxygen atoms in total. The molecule has 0 spiro atoms. The lowest BCUT2D eigenvalue weighted by Crippen LogP contribution is -2.39. The minimum Gasteiger partial charge on any atom is -0.382 e. The van der Waals surface area contributed by atoms with Crippen LogP contribution in [-0.4, -0.2) is 30.6 Å². The molecule has 2 rings (SSSR count). The largest absolute Gasteiger partial charge is 0.416 e. The van der Waals surface area contributed by atoms with Gasteiger partial charge in [-0.25, -0.2) is 0 Å². The van der Waals surface area contributed by atoms with Gasteiger partial charge in [0, 0.05) is 24.8 Å². The summed E-state index contributed by atoms with van der Waals surface area (Å²) in [5.41, 5.74) is -0.0949. The summed E-state index contributed by atoms with van der Waals surface area (Å²) in [5, 5.41) is 3.18. The lowest BCUT2D eigenvalue weighted by Gasteiger charge is -2.31. The van der Waals surface area contributed by atoms with Crippen molar-refractivity contribution in [3.05, 3.63) is 29.8 Å². The van der Waals surface area contributed by atoms with Crippen LogP contribution >= 0.6 is 0 Å². The molecule has 1 fully saturated rings. The summed E-state index contributed by atoms with van der Waals surface area (Å²) >= 11 is 0. The van der Waals surface area contributed by atoms with Crippen molar-refractivity contribution in [2.24, 2.45) is 0 Å². The van der Waals surface area contributed by atoms with Crippen molar-refractivity contribution in [3.63, 3.8) is 0 Å². The van der Waals surface area contributed by atoms with E-state index in [0.29, 0.717) is 12.2 Å². The third-order valence-corrected chi connectivity index (χ3v) is 3.46. The van der Waals surface area contributed by atoms with Crippen LogP contribution < -0.4 is 5.32 Å². The van der Waals surface area contributed by atoms with E-state index in [1.54, 1.807) is 6.07 Å². The summed E-state index contributed by atoms with van der Waals surface area (Å²) in [7, 11) is 0. The minimum absolute atomic E-state index is 0.201. The number of rotatable bonds is 3. The first-order chi connectivity index (χ1) is 9.49. The second-order valence-corrected chi connectivity index (χ2v) is 4.98. The van der Waals surface area contributed by atoms with E-state index in [1.165, 1.54) is 6.07 Å². The summed E-state index contributed by atoms with van der Waals surface area (Å²) in [6.45, 7) is 2.39. The van der Waals surface area contributed by atoms with Crippen LogP contribution in [0, 0.1) is 12.3 Å². The van der Waals surface area contributed by atoms with E-state index in [1.807, 2.05) is 0 Å². The van der Waals surface area contributed by atoms with Gasteiger partial charge in [-0.15, -0.1) is 6.42 Å². The normalized spacial score (nSPS) is 17.7. The smallest absolute Gasteiger partial charge is 0.382 e. The van der Waals surface area contributed by atoms with E-state index in [-0.39, 0.29) is 6.04 Å². The van der Waals surface area contributed by atoms with Gasteiger partial charge in [-0.1, -0.05) is 12.0 Å². The highest BCUT2D eigenvalue weighted by Gasteiger charge is 2.30. The molecule has 1 aromatic carbocycles. The molecule has 1 heterocycles. The second kappa shape index (κ2) is 6.19. The van der Waals surface area contributed by atoms with Gasteiger partial charge in [0.1, 0.15) is 0 Å². The molecule has 0 aromatic heterocycles. The predicted octanol–water partition coefficient (Wildman–Crippen LogP) is 3.21. The van der Waals surface area contributed by atoms with Crippen LogP contribution in [0.15, 0.2) is 24.3 Å². The van der Waals surface area contributed by atoms with Gasteiger partial charge in [0.05, 0.1) is 12.1 Å². The Kier molecular flexibility index (Phi) is 4.56. The number of terminal acetylenes is 1. The quantitative estimate of drug-likeness (QED) is 0.856. The summed E-state index contributed by atoms with van der Waals surface area (Å²) in [6.07, 6.45) is 2.74. The van der Waals surface area contributed by atoms with E-state index in [4.69, 9.17) is 6.42 Å². The van der Waals surface area contributed by atoms with Crippen molar-refractivity contribution in [1.29, 1.82) is 0 Å². The molecule has 0 atom stereocenters. The Balaban J connectivity index is 1.93. The number of piperidine rings is 1. The summed E-state index contributed by atoms with van der Waals surface area (Å²) in [6, 6.07) is 5.54. The summed E-state index contributed by atoms with van der Waals surface area (Å²) < 4.78 is 37.9. The van der Waals surface area contributed by atoms with E-state index >= 15 is 0 Å². The van der Waals surface area contributed by atoms with Gasteiger partial charge >= 0.3 is 6.18 Å². The summed E-state index contributed by atoms with van der Waals surface area (Å²) in [5.74, 6) is 2.61. The molecular formula is C15H17F3N2. The highest BCUT2D eigenvalue weighted by atomic mass is 19.4. The molecule has 0 amide bonds. The number of hydrogen-bond acceptors (Lipinski definition) is 2. The van der Waals surface area contributed by atoms with Crippen LogP contribution in [-0.2, 0) is 6.18 Å².